The van der Waals surface area contributed by atoms with E-state index in [1.165, 1.54) is 32.3 Å². The van der Waals surface area contributed by atoms with E-state index in [4.69, 9.17) is 0 Å². The van der Waals surface area contributed by atoms with Crippen LogP contribution in [0.15, 0.2) is 461 Å². The fourth-order valence-corrected chi connectivity index (χ4v) is 18.7. The first-order valence-electron chi connectivity index (χ1n) is 42.4. The van der Waals surface area contributed by atoms with Crippen molar-refractivity contribution in [2.24, 2.45) is 0 Å². The Morgan fingerprint density at radius 2 is 0.371 bits per heavy atom. The number of hydrogen-bond donors (Lipinski definition) is 6. The lowest BCUT2D eigenvalue weighted by molar-refractivity contribution is 1.51. The van der Waals surface area contributed by atoms with E-state index in [0.29, 0.717) is 0 Å². The van der Waals surface area contributed by atoms with Gasteiger partial charge in [-0.3, -0.25) is 0 Å². The Morgan fingerprint density at radius 1 is 0.129 bits per heavy atom. The molecular formula is C118H82N6. The second-order valence-corrected chi connectivity index (χ2v) is 31.8. The number of hydrogen-bond acceptors (Lipinski definition) is 6. The molecule has 0 radical (unpaired) electrons. The summed E-state index contributed by atoms with van der Waals surface area (Å²) < 4.78 is 0. The van der Waals surface area contributed by atoms with E-state index in [9.17, 15) is 0 Å². The molecule has 0 saturated heterocycles. The Kier molecular flexibility index (Phi) is 19.2. The normalized spacial score (nSPS) is 11.4. The van der Waals surface area contributed by atoms with Gasteiger partial charge < -0.3 is 31.9 Å². The molecule has 22 aromatic carbocycles. The highest BCUT2D eigenvalue weighted by atomic mass is 14.9. The lowest BCUT2D eigenvalue weighted by Crippen LogP contribution is -2.01. The van der Waals surface area contributed by atoms with Gasteiger partial charge in [0, 0.05) is 101 Å². The van der Waals surface area contributed by atoms with E-state index in [0.717, 1.165) is 200 Å². The van der Waals surface area contributed by atoms with E-state index in [1.54, 1.807) is 0 Å². The minimum absolute atomic E-state index is 0.946. The maximum Gasteiger partial charge on any atom is 0.0544 e. The van der Waals surface area contributed by atoms with Crippen molar-refractivity contribution >= 4 is 144 Å². The topological polar surface area (TPSA) is 72.2 Å². The fraction of sp³-hybridized carbons (Fsp3) is 0. The van der Waals surface area contributed by atoms with Crippen molar-refractivity contribution < 1.29 is 0 Å². The molecule has 22 rings (SSSR count). The largest absolute Gasteiger partial charge is 0.356 e. The lowest BCUT2D eigenvalue weighted by atomic mass is 9.76. The number of para-hydroxylation sites is 4. The second kappa shape index (κ2) is 32.3. The van der Waals surface area contributed by atoms with Crippen LogP contribution in [0.1, 0.15) is 0 Å². The van der Waals surface area contributed by atoms with Crippen LogP contribution >= 0.6 is 0 Å². The fourth-order valence-electron chi connectivity index (χ4n) is 18.7. The predicted octanol–water partition coefficient (Wildman–Crippen LogP) is 33.6. The first kappa shape index (κ1) is 73.8. The summed E-state index contributed by atoms with van der Waals surface area (Å²) in [7, 11) is 0. The Hall–Kier alpha value is -16.5. The molecule has 0 aliphatic heterocycles. The number of benzene rings is 22. The Labute approximate surface area is 720 Å². The SMILES string of the molecule is c1ccc(Nc2ccc(-c3c(Nc4ccccc4)cc4ccccc4c3-c3ccc4ccccc4c3Nc3ccc(-c4c(-c5ccc(Nc6c(-c7c(-c8ccc(Nc9ccccc9)cc8)c(Nc8ccccc8)cc8ccccc78)ccc7ccccc67)cc5)c(-c5ccccc5)c5c6ccccc6c6ccccc6c5c4-c4ccccc4)cc3)cc2)cc1. The molecule has 0 heterocycles. The van der Waals surface area contributed by atoms with Gasteiger partial charge in [0.05, 0.1) is 11.4 Å². The summed E-state index contributed by atoms with van der Waals surface area (Å²) in [6, 6.07) is 168. The van der Waals surface area contributed by atoms with Crippen LogP contribution in [-0.2, 0) is 0 Å². The summed E-state index contributed by atoms with van der Waals surface area (Å²) in [6.45, 7) is 0. The van der Waals surface area contributed by atoms with Gasteiger partial charge in [0.15, 0.2) is 0 Å². The summed E-state index contributed by atoms with van der Waals surface area (Å²) in [6.07, 6.45) is 0. The van der Waals surface area contributed by atoms with E-state index in [1.807, 2.05) is 12.1 Å². The molecule has 0 bridgehead atoms. The maximum atomic E-state index is 4.20. The van der Waals surface area contributed by atoms with Gasteiger partial charge in [-0.15, -0.1) is 0 Å². The van der Waals surface area contributed by atoms with Gasteiger partial charge in [0.2, 0.25) is 0 Å². The standard InChI is InChI=1S/C118H82N6/c1-7-33-79(34-8-1)111-109(83-59-69-93(70-60-83)123-117-97-49-25-19-31-77(97)63-73-103(117)113-95-47-23-21-37-85(95)75-105(121-89-43-15-5-16-44-89)107(113)81-55-65-91(66-56-81)119-87-39-11-3-12-40-87)110(112(80-35-9-2-10-36-80)116-102-54-30-28-52-100(102)99-51-27-29-53-101(99)115(111)116)84-61-71-94(72-62-84)124-118-98-50-26-20-32-78(98)64-74-104(118)114-96-48-24-22-38-86(96)76-106(122-90-45-17-6-18-46-90)108(114)82-57-67-92(68-58-82)120-88-41-13-4-14-42-88/h1-76,119-124H. The quantitative estimate of drug-likeness (QED) is 0.0427. The summed E-state index contributed by atoms with van der Waals surface area (Å²) in [5.41, 5.74) is 29.7. The van der Waals surface area contributed by atoms with Crippen molar-refractivity contribution in [3.05, 3.63) is 461 Å². The summed E-state index contributed by atoms with van der Waals surface area (Å²) in [5.74, 6) is 0. The van der Waals surface area contributed by atoms with Crippen LogP contribution < -0.4 is 31.9 Å². The maximum absolute atomic E-state index is 4.20. The van der Waals surface area contributed by atoms with Crippen LogP contribution in [0.5, 0.6) is 0 Å². The minimum Gasteiger partial charge on any atom is -0.356 e. The monoisotopic (exact) mass is 1580 g/mol. The van der Waals surface area contributed by atoms with Crippen molar-refractivity contribution in [1.82, 2.24) is 0 Å². The molecule has 0 atom stereocenters. The minimum atomic E-state index is 0.946. The molecule has 0 unspecified atom stereocenters. The third-order valence-corrected chi connectivity index (χ3v) is 24.3. The second-order valence-electron chi connectivity index (χ2n) is 31.8. The Balaban J connectivity index is 0.736. The molecule has 0 spiro atoms. The summed E-state index contributed by atoms with van der Waals surface area (Å²) >= 11 is 0. The van der Waals surface area contributed by atoms with Crippen molar-refractivity contribution in [3.8, 4) is 89.0 Å². The Bertz CT molecular complexity index is 7300. The van der Waals surface area contributed by atoms with Crippen molar-refractivity contribution in [3.63, 3.8) is 0 Å². The molecule has 0 aliphatic carbocycles. The molecule has 0 amide bonds. The zero-order valence-electron chi connectivity index (χ0n) is 67.9. The third kappa shape index (κ3) is 13.9. The van der Waals surface area contributed by atoms with Crippen molar-refractivity contribution in [1.29, 1.82) is 0 Å². The highest BCUT2D eigenvalue weighted by Gasteiger charge is 2.30. The van der Waals surface area contributed by atoms with Crippen molar-refractivity contribution in [2.75, 3.05) is 31.9 Å². The van der Waals surface area contributed by atoms with Crippen LogP contribution in [-0.4, -0.2) is 0 Å². The van der Waals surface area contributed by atoms with Crippen LogP contribution in [0.25, 0.3) is 164 Å². The van der Waals surface area contributed by atoms with Gasteiger partial charge in [0.1, 0.15) is 0 Å². The van der Waals surface area contributed by atoms with Gasteiger partial charge in [-0.1, -0.05) is 352 Å². The average molecular weight is 1580 g/mol. The zero-order chi connectivity index (χ0) is 82.2. The molecule has 0 aromatic heterocycles. The first-order valence-corrected chi connectivity index (χ1v) is 42.4. The average Bonchev–Trinajstić information content (AvgIpc) is 0.697. The van der Waals surface area contributed by atoms with E-state index in [2.05, 4.69) is 481 Å². The van der Waals surface area contributed by atoms with Gasteiger partial charge in [-0.05, 0) is 229 Å². The summed E-state index contributed by atoms with van der Waals surface area (Å²) in [4.78, 5) is 0. The smallest absolute Gasteiger partial charge is 0.0544 e. The molecule has 0 saturated carbocycles. The number of nitrogens with one attached hydrogen (secondary N) is 6. The summed E-state index contributed by atoms with van der Waals surface area (Å²) in [5, 5.41) is 39.8. The van der Waals surface area contributed by atoms with E-state index < -0.39 is 0 Å². The molecule has 22 aromatic rings. The molecule has 124 heavy (non-hydrogen) atoms. The van der Waals surface area contributed by atoms with Gasteiger partial charge >= 0.3 is 0 Å². The van der Waals surface area contributed by atoms with Gasteiger partial charge in [-0.25, -0.2) is 0 Å². The van der Waals surface area contributed by atoms with Gasteiger partial charge in [0.25, 0.3) is 0 Å². The predicted molar refractivity (Wildman–Crippen MR) is 531 cm³/mol. The number of rotatable bonds is 20. The molecular weight excluding hydrogens is 1500 g/mol. The van der Waals surface area contributed by atoms with Crippen LogP contribution in [0.2, 0.25) is 0 Å². The molecule has 6 heteroatoms. The Morgan fingerprint density at radius 3 is 0.710 bits per heavy atom. The molecule has 6 N–H and O–H groups in total. The van der Waals surface area contributed by atoms with Crippen LogP contribution in [0, 0.1) is 0 Å². The van der Waals surface area contributed by atoms with E-state index in [-0.39, 0.29) is 0 Å². The molecule has 6 nitrogen and oxygen atoms in total. The molecule has 584 valence electrons. The lowest BCUT2D eigenvalue weighted by Gasteiger charge is -2.27. The first-order chi connectivity index (χ1) is 61.5. The molecule has 0 fully saturated rings. The van der Waals surface area contributed by atoms with Crippen molar-refractivity contribution in [2.45, 2.75) is 0 Å². The van der Waals surface area contributed by atoms with E-state index >= 15 is 0 Å². The number of anilines is 12. The van der Waals surface area contributed by atoms with Crippen LogP contribution in [0.3, 0.4) is 0 Å². The van der Waals surface area contributed by atoms with Crippen LogP contribution in [0.4, 0.5) is 68.2 Å². The third-order valence-electron chi connectivity index (χ3n) is 24.3. The highest BCUT2D eigenvalue weighted by Crippen LogP contribution is 2.57. The molecule has 0 aliphatic rings. The number of fused-ring (bicyclic) bond motifs is 10. The zero-order valence-corrected chi connectivity index (χ0v) is 67.9. The van der Waals surface area contributed by atoms with Gasteiger partial charge in [-0.2, -0.15) is 0 Å². The highest BCUT2D eigenvalue weighted by molar-refractivity contribution is 6.35.